The number of rotatable bonds is 7. The number of imidazole rings is 1. The second kappa shape index (κ2) is 12.8. The maximum absolute atomic E-state index is 14.8. The van der Waals surface area contributed by atoms with Gasteiger partial charge in [0.05, 0.1) is 16.3 Å². The monoisotopic (exact) mass is 636 g/mol. The van der Waals surface area contributed by atoms with E-state index >= 15 is 0 Å². The van der Waals surface area contributed by atoms with Crippen molar-refractivity contribution in [3.05, 3.63) is 64.3 Å². The van der Waals surface area contributed by atoms with E-state index in [9.17, 15) is 18.8 Å². The highest BCUT2D eigenvalue weighted by Gasteiger charge is 2.44. The molecule has 0 saturated carbocycles. The molecule has 11 heteroatoms. The number of nitrogens with zero attached hydrogens (tertiary/aromatic N) is 5. The fraction of sp³-hybridized carbons (Fsp3) is 0.559. The molecule has 3 fully saturated rings. The van der Waals surface area contributed by atoms with Crippen molar-refractivity contribution >= 4 is 40.3 Å². The first-order valence-electron chi connectivity index (χ1n) is 16.1. The van der Waals surface area contributed by atoms with E-state index in [0.29, 0.717) is 32.5 Å². The number of halogens is 1. The number of aromatic nitrogens is 2. The van der Waals surface area contributed by atoms with Gasteiger partial charge in [0.1, 0.15) is 11.2 Å². The Labute approximate surface area is 268 Å². The Balaban J connectivity index is 1.18. The molecule has 1 N–H and O–H groups in total. The lowest BCUT2D eigenvalue weighted by Crippen LogP contribution is -2.45. The largest absolute Gasteiger partial charge is 0.369 e. The molecule has 2 unspecified atom stereocenters. The van der Waals surface area contributed by atoms with Gasteiger partial charge in [-0.15, -0.1) is 11.8 Å². The van der Waals surface area contributed by atoms with Crippen LogP contribution in [0.25, 0.3) is 11.0 Å². The molecule has 1 aromatic heterocycles. The second-order valence-electron chi connectivity index (χ2n) is 13.9. The quantitative estimate of drug-likeness (QED) is 0.399. The van der Waals surface area contributed by atoms with Gasteiger partial charge < -0.3 is 24.6 Å². The highest BCUT2D eigenvalue weighted by molar-refractivity contribution is 8.01. The van der Waals surface area contributed by atoms with Gasteiger partial charge in [0, 0.05) is 69.5 Å². The number of aromatic amines is 1. The van der Waals surface area contributed by atoms with Crippen molar-refractivity contribution in [2.75, 3.05) is 57.8 Å². The van der Waals surface area contributed by atoms with Crippen LogP contribution in [0.15, 0.2) is 47.3 Å². The number of nitrogens with one attached hydrogen (secondary N) is 1. The number of thioether (sulfide) groups is 1. The van der Waals surface area contributed by atoms with Crippen LogP contribution >= 0.6 is 11.8 Å². The number of hydrogen-bond donors (Lipinski definition) is 1. The second-order valence-corrected chi connectivity index (χ2v) is 15.2. The fourth-order valence-corrected chi connectivity index (χ4v) is 8.30. The van der Waals surface area contributed by atoms with Crippen LogP contribution in [0.3, 0.4) is 0 Å². The van der Waals surface area contributed by atoms with Gasteiger partial charge in [-0.1, -0.05) is 32.9 Å². The minimum absolute atomic E-state index is 0.0124. The maximum Gasteiger partial charge on any atom is 0.326 e. The molecule has 0 bridgehead atoms. The van der Waals surface area contributed by atoms with E-state index in [1.54, 1.807) is 6.07 Å². The number of likely N-dealkylation sites (N-methyl/N-ethyl adjacent to an activating group) is 1. The molecular weight excluding hydrogens is 591 g/mol. The number of hydrogen-bond acceptors (Lipinski definition) is 6. The fourth-order valence-electron chi connectivity index (χ4n) is 6.80. The zero-order chi connectivity index (χ0) is 31.9. The summed E-state index contributed by atoms with van der Waals surface area (Å²) in [7, 11) is 2.11. The van der Waals surface area contributed by atoms with E-state index in [2.05, 4.69) is 42.6 Å². The third-order valence-electron chi connectivity index (χ3n) is 9.50. The Kier molecular flexibility index (Phi) is 9.03. The van der Waals surface area contributed by atoms with Gasteiger partial charge in [-0.25, -0.2) is 9.18 Å². The third kappa shape index (κ3) is 6.79. The first-order chi connectivity index (χ1) is 21.5. The summed E-state index contributed by atoms with van der Waals surface area (Å²) in [5.74, 6) is -0.402. The van der Waals surface area contributed by atoms with E-state index in [0.717, 1.165) is 54.9 Å². The first kappa shape index (κ1) is 31.7. The Morgan fingerprint density at radius 3 is 2.42 bits per heavy atom. The minimum Gasteiger partial charge on any atom is -0.369 e. The third-order valence-corrected chi connectivity index (χ3v) is 11.0. The van der Waals surface area contributed by atoms with Crippen molar-refractivity contribution in [1.82, 2.24) is 24.3 Å². The molecule has 4 heterocycles. The number of amides is 2. The van der Waals surface area contributed by atoms with Crippen molar-refractivity contribution in [3.8, 4) is 0 Å². The summed E-state index contributed by atoms with van der Waals surface area (Å²) in [4.78, 5) is 51.6. The summed E-state index contributed by atoms with van der Waals surface area (Å²) in [6, 6.07) is 12.6. The number of fused-ring (bicyclic) bond motifs is 1. The van der Waals surface area contributed by atoms with Crippen molar-refractivity contribution in [2.45, 2.75) is 63.1 Å². The van der Waals surface area contributed by atoms with Crippen LogP contribution < -0.4 is 10.6 Å². The van der Waals surface area contributed by atoms with Crippen molar-refractivity contribution in [2.24, 2.45) is 5.41 Å². The van der Waals surface area contributed by atoms with Crippen molar-refractivity contribution in [1.29, 1.82) is 0 Å². The highest BCUT2D eigenvalue weighted by atomic mass is 32.2. The average molecular weight is 637 g/mol. The highest BCUT2D eigenvalue weighted by Crippen LogP contribution is 2.48. The van der Waals surface area contributed by atoms with E-state index < -0.39 is 5.25 Å². The maximum atomic E-state index is 14.8. The molecular formula is C34H45FN6O3S. The van der Waals surface area contributed by atoms with Crippen LogP contribution in [0, 0.1) is 11.2 Å². The van der Waals surface area contributed by atoms with Crippen LogP contribution in [-0.2, 0) is 9.59 Å². The van der Waals surface area contributed by atoms with Gasteiger partial charge >= 0.3 is 5.69 Å². The molecule has 0 radical (unpaired) electrons. The van der Waals surface area contributed by atoms with E-state index in [1.807, 2.05) is 44.7 Å². The summed E-state index contributed by atoms with van der Waals surface area (Å²) in [6.45, 7) is 11.6. The molecule has 3 saturated heterocycles. The number of benzene rings is 2. The first-order valence-corrected chi connectivity index (χ1v) is 17.1. The normalized spacial score (nSPS) is 22.2. The summed E-state index contributed by atoms with van der Waals surface area (Å²) in [6.07, 6.45) is 2.27. The molecule has 0 aliphatic carbocycles. The summed E-state index contributed by atoms with van der Waals surface area (Å²) in [5, 5.41) is -0.887. The number of para-hydroxylation sites is 2. The van der Waals surface area contributed by atoms with Crippen molar-refractivity contribution in [3.63, 3.8) is 0 Å². The van der Waals surface area contributed by atoms with Gasteiger partial charge in [-0.2, -0.15) is 0 Å². The molecule has 2 aromatic carbocycles. The van der Waals surface area contributed by atoms with Crippen LogP contribution in [0.1, 0.15) is 63.4 Å². The Morgan fingerprint density at radius 2 is 1.71 bits per heavy atom. The number of likely N-dealkylation sites (tertiary alicyclic amines) is 1. The SMILES string of the molecule is CN1CCN(c2ccc(F)cc2C2SC(CC(=O)N3CCC(n4c(=O)[nH]c5ccccc54)CC3)C(=O)N2CCC(C)(C)C)CC1. The summed E-state index contributed by atoms with van der Waals surface area (Å²) < 4.78 is 16.6. The standard InChI is InChI=1S/C34H45FN6O3S/c1-34(2,3)13-16-40-31(43)29(45-32(40)25-21-23(35)9-10-27(25)38-19-17-37(4)18-20-38)22-30(42)39-14-11-24(12-15-39)41-28-8-6-5-7-26(28)36-33(41)44/h5-10,21,24,29,32H,11-20,22H2,1-4H3,(H,36,44). The van der Waals surface area contributed by atoms with Crippen LogP contribution in [0.4, 0.5) is 10.1 Å². The van der Waals surface area contributed by atoms with Crippen LogP contribution in [0.5, 0.6) is 0 Å². The number of piperazine rings is 1. The van der Waals surface area contributed by atoms with E-state index in [-0.39, 0.29) is 46.6 Å². The number of piperidine rings is 1. The van der Waals surface area contributed by atoms with Gasteiger partial charge in [0.2, 0.25) is 11.8 Å². The zero-order valence-corrected chi connectivity index (χ0v) is 27.6. The summed E-state index contributed by atoms with van der Waals surface area (Å²) >= 11 is 1.49. The predicted molar refractivity (Wildman–Crippen MR) is 178 cm³/mol. The molecule has 0 spiro atoms. The van der Waals surface area contributed by atoms with Crippen LogP contribution in [-0.4, -0.2) is 94.2 Å². The zero-order valence-electron chi connectivity index (χ0n) is 26.8. The topological polar surface area (TPSA) is 84.9 Å². The molecule has 3 aromatic rings. The van der Waals surface area contributed by atoms with E-state index in [4.69, 9.17) is 0 Å². The molecule has 6 rings (SSSR count). The predicted octanol–water partition coefficient (Wildman–Crippen LogP) is 4.85. The van der Waals surface area contributed by atoms with Crippen LogP contribution in [0.2, 0.25) is 0 Å². The lowest BCUT2D eigenvalue weighted by molar-refractivity contribution is -0.136. The lowest BCUT2D eigenvalue weighted by atomic mass is 9.92. The van der Waals surface area contributed by atoms with Gasteiger partial charge in [0.25, 0.3) is 0 Å². The van der Waals surface area contributed by atoms with Gasteiger partial charge in [-0.05, 0) is 62.1 Å². The summed E-state index contributed by atoms with van der Waals surface area (Å²) in [5.41, 5.74) is 3.38. The molecule has 3 aliphatic heterocycles. The molecule has 45 heavy (non-hydrogen) atoms. The Morgan fingerprint density at radius 1 is 1.00 bits per heavy atom. The molecule has 242 valence electrons. The molecule has 2 atom stereocenters. The number of carbonyl (C=O) groups is 2. The smallest absolute Gasteiger partial charge is 0.326 e. The molecule has 3 aliphatic rings. The Hall–Kier alpha value is -3.31. The van der Waals surface area contributed by atoms with Crippen molar-refractivity contribution < 1.29 is 14.0 Å². The number of H-pyrrole nitrogens is 1. The minimum atomic E-state index is -0.528. The van der Waals surface area contributed by atoms with E-state index in [1.165, 1.54) is 17.8 Å². The number of anilines is 1. The molecule has 9 nitrogen and oxygen atoms in total. The number of carbonyl (C=O) groups excluding carboxylic acids is 2. The average Bonchev–Trinajstić information content (AvgIpc) is 3.51. The van der Waals surface area contributed by atoms with Gasteiger partial charge in [-0.3, -0.25) is 14.2 Å². The Bertz CT molecular complexity index is 1600. The molecule has 2 amide bonds. The van der Waals surface area contributed by atoms with Gasteiger partial charge in [0.15, 0.2) is 0 Å². The lowest BCUT2D eigenvalue weighted by Gasteiger charge is -2.37.